The molecule has 2 rings (SSSR count). The second-order valence-electron chi connectivity index (χ2n) is 5.26. The zero-order chi connectivity index (χ0) is 16.1. The first-order valence-corrected chi connectivity index (χ1v) is 7.99. The van der Waals surface area contributed by atoms with E-state index in [1.807, 2.05) is 0 Å². The molecule has 0 bridgehead atoms. The summed E-state index contributed by atoms with van der Waals surface area (Å²) in [4.78, 5) is 13.2. The van der Waals surface area contributed by atoms with Crippen LogP contribution in [0.25, 0.3) is 0 Å². The van der Waals surface area contributed by atoms with Gasteiger partial charge in [0, 0.05) is 10.6 Å². The number of benzene rings is 2. The maximum Gasteiger partial charge on any atom is 0.234 e. The van der Waals surface area contributed by atoms with Gasteiger partial charge < -0.3 is 5.32 Å². The highest BCUT2D eigenvalue weighted by atomic mass is 32.2. The summed E-state index contributed by atoms with van der Waals surface area (Å²) >= 11 is 1.54. The average molecular weight is 310 g/mol. The summed E-state index contributed by atoms with van der Waals surface area (Å²) in [5.74, 6) is 0.279. The highest BCUT2D eigenvalue weighted by Gasteiger charge is 2.08. The topological polar surface area (TPSA) is 52.9 Å². The van der Waals surface area contributed by atoms with Crippen LogP contribution in [0.1, 0.15) is 22.3 Å². The van der Waals surface area contributed by atoms with Crippen LogP contribution in [0.15, 0.2) is 41.3 Å². The molecule has 112 valence electrons. The molecule has 0 aliphatic rings. The van der Waals surface area contributed by atoms with E-state index >= 15 is 0 Å². The summed E-state index contributed by atoms with van der Waals surface area (Å²) in [7, 11) is 0. The number of nitrogens with zero attached hydrogens (tertiary/aromatic N) is 1. The minimum atomic E-state index is -0.0699. The monoisotopic (exact) mass is 310 g/mol. The molecule has 0 aromatic heterocycles. The Morgan fingerprint density at radius 2 is 1.86 bits per heavy atom. The molecule has 0 radical (unpaired) electrons. The number of nitrogens with one attached hydrogen (secondary N) is 1. The number of amides is 1. The largest absolute Gasteiger partial charge is 0.325 e. The van der Waals surface area contributed by atoms with Gasteiger partial charge >= 0.3 is 0 Å². The molecule has 2 aromatic carbocycles. The SMILES string of the molecule is Cc1cc(C)c(SCC(=O)Nc2cccc(C#N)c2)c(C)c1. The van der Waals surface area contributed by atoms with E-state index in [0.29, 0.717) is 17.0 Å². The van der Waals surface area contributed by atoms with E-state index in [9.17, 15) is 4.79 Å². The maximum atomic E-state index is 12.1. The van der Waals surface area contributed by atoms with Crippen LogP contribution in [0, 0.1) is 32.1 Å². The smallest absolute Gasteiger partial charge is 0.234 e. The van der Waals surface area contributed by atoms with Crippen molar-refractivity contribution in [2.75, 3.05) is 11.1 Å². The van der Waals surface area contributed by atoms with Crippen LogP contribution >= 0.6 is 11.8 Å². The minimum Gasteiger partial charge on any atom is -0.325 e. The summed E-state index contributed by atoms with van der Waals surface area (Å²) < 4.78 is 0. The number of carbonyl (C=O) groups is 1. The van der Waals surface area contributed by atoms with E-state index in [1.165, 1.54) is 16.7 Å². The van der Waals surface area contributed by atoms with Crippen molar-refractivity contribution in [2.24, 2.45) is 0 Å². The van der Waals surface area contributed by atoms with Crippen molar-refractivity contribution in [3.63, 3.8) is 0 Å². The van der Waals surface area contributed by atoms with Crippen molar-refractivity contribution in [2.45, 2.75) is 25.7 Å². The molecule has 0 spiro atoms. The molecule has 0 saturated heterocycles. The molecule has 0 heterocycles. The molecule has 0 saturated carbocycles. The van der Waals surface area contributed by atoms with E-state index in [4.69, 9.17) is 5.26 Å². The lowest BCUT2D eigenvalue weighted by Crippen LogP contribution is -2.14. The Labute approximate surface area is 135 Å². The Balaban J connectivity index is 2.00. The first-order valence-electron chi connectivity index (χ1n) is 7.00. The molecule has 0 atom stereocenters. The average Bonchev–Trinajstić information content (AvgIpc) is 2.46. The van der Waals surface area contributed by atoms with Gasteiger partial charge in [0.15, 0.2) is 0 Å². The predicted octanol–water partition coefficient (Wildman–Crippen LogP) is 4.21. The maximum absolute atomic E-state index is 12.1. The number of carbonyl (C=O) groups excluding carboxylic acids is 1. The summed E-state index contributed by atoms with van der Waals surface area (Å²) in [5, 5.41) is 11.7. The molecule has 0 unspecified atom stereocenters. The molecular formula is C18H18N2OS. The van der Waals surface area contributed by atoms with Gasteiger partial charge in [0.1, 0.15) is 0 Å². The number of thioether (sulfide) groups is 1. The van der Waals surface area contributed by atoms with Gasteiger partial charge in [0.05, 0.1) is 17.4 Å². The lowest BCUT2D eigenvalue weighted by Gasteiger charge is -2.11. The number of hydrogen-bond donors (Lipinski definition) is 1. The van der Waals surface area contributed by atoms with E-state index in [0.717, 1.165) is 4.90 Å². The number of rotatable bonds is 4. The molecule has 1 amide bonds. The van der Waals surface area contributed by atoms with Gasteiger partial charge in [-0.3, -0.25) is 4.79 Å². The quantitative estimate of drug-likeness (QED) is 0.860. The first-order chi connectivity index (χ1) is 10.5. The lowest BCUT2D eigenvalue weighted by atomic mass is 10.1. The third-order valence-electron chi connectivity index (χ3n) is 3.23. The van der Waals surface area contributed by atoms with Crippen LogP contribution in [-0.4, -0.2) is 11.7 Å². The summed E-state index contributed by atoms with van der Waals surface area (Å²) in [5.41, 5.74) is 4.82. The van der Waals surface area contributed by atoms with Crippen LogP contribution in [0.4, 0.5) is 5.69 Å². The van der Waals surface area contributed by atoms with Crippen LogP contribution in [0.3, 0.4) is 0 Å². The Morgan fingerprint density at radius 1 is 1.18 bits per heavy atom. The third kappa shape index (κ3) is 4.12. The molecule has 0 aliphatic heterocycles. The molecule has 22 heavy (non-hydrogen) atoms. The predicted molar refractivity (Wildman–Crippen MR) is 91.2 cm³/mol. The van der Waals surface area contributed by atoms with Crippen molar-refractivity contribution in [1.29, 1.82) is 5.26 Å². The Kier molecular flexibility index (Phi) is 5.24. The highest BCUT2D eigenvalue weighted by Crippen LogP contribution is 2.27. The van der Waals surface area contributed by atoms with Gasteiger partial charge in [-0.1, -0.05) is 23.8 Å². The van der Waals surface area contributed by atoms with Crippen molar-refractivity contribution < 1.29 is 4.79 Å². The van der Waals surface area contributed by atoms with Crippen LogP contribution < -0.4 is 5.32 Å². The van der Waals surface area contributed by atoms with Crippen molar-refractivity contribution in [3.8, 4) is 6.07 Å². The van der Waals surface area contributed by atoms with Gasteiger partial charge in [-0.2, -0.15) is 5.26 Å². The minimum absolute atomic E-state index is 0.0699. The van der Waals surface area contributed by atoms with Gasteiger partial charge in [0.2, 0.25) is 5.91 Å². The Hall–Kier alpha value is -2.25. The number of aryl methyl sites for hydroxylation is 3. The zero-order valence-corrected chi connectivity index (χ0v) is 13.8. The summed E-state index contributed by atoms with van der Waals surface area (Å²) in [6.45, 7) is 6.20. The summed E-state index contributed by atoms with van der Waals surface area (Å²) in [6.07, 6.45) is 0. The van der Waals surface area contributed by atoms with Crippen molar-refractivity contribution in [1.82, 2.24) is 0 Å². The van der Waals surface area contributed by atoms with Crippen LogP contribution in [0.2, 0.25) is 0 Å². The van der Waals surface area contributed by atoms with Crippen LogP contribution in [-0.2, 0) is 4.79 Å². The fraction of sp³-hybridized carbons (Fsp3) is 0.222. The Morgan fingerprint density at radius 3 is 2.50 bits per heavy atom. The molecule has 2 aromatic rings. The van der Waals surface area contributed by atoms with Crippen LogP contribution in [0.5, 0.6) is 0 Å². The zero-order valence-electron chi connectivity index (χ0n) is 12.9. The van der Waals surface area contributed by atoms with Gasteiger partial charge in [0.25, 0.3) is 0 Å². The normalized spacial score (nSPS) is 10.1. The van der Waals surface area contributed by atoms with Gasteiger partial charge in [-0.15, -0.1) is 11.8 Å². The third-order valence-corrected chi connectivity index (χ3v) is 4.57. The summed E-state index contributed by atoms with van der Waals surface area (Å²) in [6, 6.07) is 13.2. The molecular weight excluding hydrogens is 292 g/mol. The fourth-order valence-corrected chi connectivity index (χ4v) is 3.32. The van der Waals surface area contributed by atoms with E-state index in [1.54, 1.807) is 36.0 Å². The van der Waals surface area contributed by atoms with E-state index < -0.39 is 0 Å². The van der Waals surface area contributed by atoms with Gasteiger partial charge in [-0.05, 0) is 50.1 Å². The number of hydrogen-bond acceptors (Lipinski definition) is 3. The van der Waals surface area contributed by atoms with Gasteiger partial charge in [-0.25, -0.2) is 0 Å². The molecule has 0 aliphatic carbocycles. The number of anilines is 1. The molecule has 1 N–H and O–H groups in total. The number of nitriles is 1. The van der Waals surface area contributed by atoms with E-state index in [2.05, 4.69) is 44.3 Å². The molecule has 3 nitrogen and oxygen atoms in total. The van der Waals surface area contributed by atoms with Crippen molar-refractivity contribution in [3.05, 3.63) is 58.7 Å². The highest BCUT2D eigenvalue weighted by molar-refractivity contribution is 8.00. The van der Waals surface area contributed by atoms with Crippen molar-refractivity contribution >= 4 is 23.4 Å². The molecule has 4 heteroatoms. The van der Waals surface area contributed by atoms with E-state index in [-0.39, 0.29) is 5.91 Å². The second kappa shape index (κ2) is 7.15. The fourth-order valence-electron chi connectivity index (χ4n) is 2.40. The lowest BCUT2D eigenvalue weighted by molar-refractivity contribution is -0.113. The Bertz CT molecular complexity index is 724. The second-order valence-corrected chi connectivity index (χ2v) is 6.24. The standard InChI is InChI=1S/C18H18N2OS/c1-12-7-13(2)18(14(3)8-12)22-11-17(21)20-16-6-4-5-15(9-16)10-19/h4-9H,11H2,1-3H3,(H,20,21). The first kappa shape index (κ1) is 16.1. The molecule has 0 fully saturated rings.